The standard InChI is InChI=1S/C20H18F2N4O/c21-14-9-10-16(22)15(12-14)20(27)26-11-5-4-8-17(26)19-23-18(24-25-19)13-6-2-1-3-7-13/h1-3,6-7,9-10,12,17H,4-5,8,11H2,(H,23,24,25). The van der Waals surface area contributed by atoms with Gasteiger partial charge in [0.1, 0.15) is 17.5 Å². The Hall–Kier alpha value is -3.09. The molecule has 138 valence electrons. The number of nitrogens with zero attached hydrogens (tertiary/aromatic N) is 3. The van der Waals surface area contributed by atoms with Gasteiger partial charge in [-0.2, -0.15) is 5.10 Å². The molecule has 1 amide bonds. The smallest absolute Gasteiger partial charge is 0.257 e. The summed E-state index contributed by atoms with van der Waals surface area (Å²) in [6, 6.07) is 12.1. The SMILES string of the molecule is O=C(c1cc(F)ccc1F)N1CCCCC1c1nc(-c2ccccc2)n[nH]1. The molecule has 27 heavy (non-hydrogen) atoms. The highest BCUT2D eigenvalue weighted by Crippen LogP contribution is 2.31. The molecule has 1 unspecified atom stereocenters. The first kappa shape index (κ1) is 17.3. The van der Waals surface area contributed by atoms with E-state index in [4.69, 9.17) is 0 Å². The number of nitrogens with one attached hydrogen (secondary N) is 1. The lowest BCUT2D eigenvalue weighted by Crippen LogP contribution is -2.39. The van der Waals surface area contributed by atoms with E-state index in [1.807, 2.05) is 30.3 Å². The van der Waals surface area contributed by atoms with Crippen LogP contribution in [0.15, 0.2) is 48.5 Å². The average molecular weight is 368 g/mol. The Morgan fingerprint density at radius 1 is 1.11 bits per heavy atom. The molecule has 3 aromatic rings. The maximum atomic E-state index is 14.1. The molecule has 1 fully saturated rings. The fourth-order valence-corrected chi connectivity index (χ4v) is 3.41. The third-order valence-electron chi connectivity index (χ3n) is 4.77. The minimum Gasteiger partial charge on any atom is -0.328 e. The highest BCUT2D eigenvalue weighted by atomic mass is 19.1. The molecule has 4 rings (SSSR count). The van der Waals surface area contributed by atoms with Gasteiger partial charge in [-0.3, -0.25) is 9.89 Å². The molecule has 1 aromatic heterocycles. The number of amides is 1. The highest BCUT2D eigenvalue weighted by molar-refractivity contribution is 5.94. The van der Waals surface area contributed by atoms with E-state index in [1.165, 1.54) is 0 Å². The van der Waals surface area contributed by atoms with Crippen molar-refractivity contribution in [1.29, 1.82) is 0 Å². The first-order valence-corrected chi connectivity index (χ1v) is 8.87. The van der Waals surface area contributed by atoms with E-state index in [0.717, 1.165) is 36.6 Å². The zero-order chi connectivity index (χ0) is 18.8. The van der Waals surface area contributed by atoms with Crippen LogP contribution in [0.4, 0.5) is 8.78 Å². The number of rotatable bonds is 3. The first-order chi connectivity index (χ1) is 13.1. The second-order valence-electron chi connectivity index (χ2n) is 6.54. The molecular formula is C20H18F2N4O. The van der Waals surface area contributed by atoms with E-state index in [9.17, 15) is 13.6 Å². The maximum absolute atomic E-state index is 14.1. The summed E-state index contributed by atoms with van der Waals surface area (Å²) in [6.45, 7) is 0.459. The van der Waals surface area contributed by atoms with Crippen LogP contribution in [-0.2, 0) is 0 Å². The van der Waals surface area contributed by atoms with E-state index in [1.54, 1.807) is 4.90 Å². The van der Waals surface area contributed by atoms with Crippen LogP contribution in [0.3, 0.4) is 0 Å². The normalized spacial score (nSPS) is 17.1. The summed E-state index contributed by atoms with van der Waals surface area (Å²) >= 11 is 0. The van der Waals surface area contributed by atoms with Crippen molar-refractivity contribution in [3.05, 3.63) is 71.6 Å². The third kappa shape index (κ3) is 3.45. The molecule has 1 aliphatic heterocycles. The van der Waals surface area contributed by atoms with Gasteiger partial charge in [0, 0.05) is 12.1 Å². The van der Waals surface area contributed by atoms with Crippen molar-refractivity contribution >= 4 is 5.91 Å². The average Bonchev–Trinajstić information content (AvgIpc) is 3.20. The molecule has 0 spiro atoms. The fraction of sp³-hybridized carbons (Fsp3) is 0.250. The number of benzene rings is 2. The van der Waals surface area contributed by atoms with E-state index < -0.39 is 17.5 Å². The minimum atomic E-state index is -0.728. The zero-order valence-corrected chi connectivity index (χ0v) is 14.5. The van der Waals surface area contributed by atoms with Crippen molar-refractivity contribution in [2.24, 2.45) is 0 Å². The molecule has 2 aromatic carbocycles. The second-order valence-corrected chi connectivity index (χ2v) is 6.54. The Balaban J connectivity index is 1.64. The fourth-order valence-electron chi connectivity index (χ4n) is 3.41. The number of aromatic amines is 1. The van der Waals surface area contributed by atoms with E-state index in [0.29, 0.717) is 24.6 Å². The van der Waals surface area contributed by atoms with Gasteiger partial charge in [0.05, 0.1) is 11.6 Å². The van der Waals surface area contributed by atoms with Gasteiger partial charge in [0.2, 0.25) is 0 Å². The van der Waals surface area contributed by atoms with E-state index >= 15 is 0 Å². The number of halogens is 2. The van der Waals surface area contributed by atoms with Crippen LogP contribution in [0.25, 0.3) is 11.4 Å². The van der Waals surface area contributed by atoms with Crippen LogP contribution in [0.1, 0.15) is 41.5 Å². The Bertz CT molecular complexity index is 958. The molecule has 0 radical (unpaired) electrons. The van der Waals surface area contributed by atoms with Gasteiger partial charge in [-0.05, 0) is 37.5 Å². The Labute approximate surface area is 155 Å². The Morgan fingerprint density at radius 2 is 1.93 bits per heavy atom. The molecule has 0 aliphatic carbocycles. The van der Waals surface area contributed by atoms with Crippen molar-refractivity contribution in [1.82, 2.24) is 20.1 Å². The van der Waals surface area contributed by atoms with Gasteiger partial charge in [0.25, 0.3) is 5.91 Å². The summed E-state index contributed by atoms with van der Waals surface area (Å²) in [5.41, 5.74) is 0.606. The first-order valence-electron chi connectivity index (χ1n) is 8.87. The number of carbonyl (C=O) groups is 1. The van der Waals surface area contributed by atoms with Gasteiger partial charge in [-0.15, -0.1) is 0 Å². The number of piperidine rings is 1. The number of hydrogen-bond donors (Lipinski definition) is 1. The number of carbonyl (C=O) groups excluding carboxylic acids is 1. The molecule has 0 saturated carbocycles. The molecule has 1 atom stereocenters. The van der Waals surface area contributed by atoms with Crippen LogP contribution in [0.5, 0.6) is 0 Å². The van der Waals surface area contributed by atoms with Gasteiger partial charge >= 0.3 is 0 Å². The molecule has 0 bridgehead atoms. The summed E-state index contributed by atoms with van der Waals surface area (Å²) in [7, 11) is 0. The summed E-state index contributed by atoms with van der Waals surface area (Å²) in [5, 5.41) is 7.17. The van der Waals surface area contributed by atoms with Crippen molar-refractivity contribution in [2.45, 2.75) is 25.3 Å². The number of H-pyrrole nitrogens is 1. The quantitative estimate of drug-likeness (QED) is 0.757. The zero-order valence-electron chi connectivity index (χ0n) is 14.5. The summed E-state index contributed by atoms with van der Waals surface area (Å²) in [6.07, 6.45) is 2.41. The van der Waals surface area contributed by atoms with Gasteiger partial charge in [-0.1, -0.05) is 30.3 Å². The highest BCUT2D eigenvalue weighted by Gasteiger charge is 2.32. The number of likely N-dealkylation sites (tertiary alicyclic amines) is 1. The lowest BCUT2D eigenvalue weighted by Gasteiger charge is -2.34. The van der Waals surface area contributed by atoms with Crippen LogP contribution in [0, 0.1) is 11.6 Å². The molecule has 5 nitrogen and oxygen atoms in total. The van der Waals surface area contributed by atoms with Crippen molar-refractivity contribution < 1.29 is 13.6 Å². The molecule has 7 heteroatoms. The predicted molar refractivity (Wildman–Crippen MR) is 95.8 cm³/mol. The molecule has 1 saturated heterocycles. The lowest BCUT2D eigenvalue weighted by molar-refractivity contribution is 0.0595. The van der Waals surface area contributed by atoms with E-state index in [2.05, 4.69) is 15.2 Å². The topological polar surface area (TPSA) is 61.9 Å². The van der Waals surface area contributed by atoms with Crippen LogP contribution in [0.2, 0.25) is 0 Å². The minimum absolute atomic E-state index is 0.260. The van der Waals surface area contributed by atoms with Crippen LogP contribution >= 0.6 is 0 Å². The Morgan fingerprint density at radius 3 is 2.74 bits per heavy atom. The van der Waals surface area contributed by atoms with Gasteiger partial charge in [0.15, 0.2) is 5.82 Å². The number of aromatic nitrogens is 3. The summed E-state index contributed by atoms with van der Waals surface area (Å²) in [4.78, 5) is 19.0. The van der Waals surface area contributed by atoms with Gasteiger partial charge < -0.3 is 4.90 Å². The van der Waals surface area contributed by atoms with Gasteiger partial charge in [-0.25, -0.2) is 13.8 Å². The Kier molecular flexibility index (Phi) is 4.66. The summed E-state index contributed by atoms with van der Waals surface area (Å²) < 4.78 is 27.6. The predicted octanol–water partition coefficient (Wildman–Crippen LogP) is 4.12. The van der Waals surface area contributed by atoms with Crippen molar-refractivity contribution in [2.75, 3.05) is 6.54 Å². The van der Waals surface area contributed by atoms with Crippen LogP contribution < -0.4 is 0 Å². The second kappa shape index (κ2) is 7.26. The molecule has 1 N–H and O–H groups in total. The van der Waals surface area contributed by atoms with Crippen molar-refractivity contribution in [3.8, 4) is 11.4 Å². The summed E-state index contributed by atoms with van der Waals surface area (Å²) in [5.74, 6) is -0.804. The molecule has 1 aliphatic rings. The van der Waals surface area contributed by atoms with E-state index in [-0.39, 0.29) is 11.6 Å². The number of hydrogen-bond acceptors (Lipinski definition) is 3. The molecule has 2 heterocycles. The van der Waals surface area contributed by atoms with Crippen molar-refractivity contribution in [3.63, 3.8) is 0 Å². The lowest BCUT2D eigenvalue weighted by atomic mass is 10.00. The van der Waals surface area contributed by atoms with Crippen LogP contribution in [-0.4, -0.2) is 32.5 Å². The molecular weight excluding hydrogens is 350 g/mol. The largest absolute Gasteiger partial charge is 0.328 e. The maximum Gasteiger partial charge on any atom is 0.257 e. The monoisotopic (exact) mass is 368 g/mol. The third-order valence-corrected chi connectivity index (χ3v) is 4.77.